The second-order valence-electron chi connectivity index (χ2n) is 7.14. The number of ether oxygens (including phenoxy) is 1. The van der Waals surface area contributed by atoms with E-state index in [1.165, 1.54) is 25.1 Å². The zero-order valence-corrected chi connectivity index (χ0v) is 15.9. The molecule has 0 aliphatic carbocycles. The van der Waals surface area contributed by atoms with E-state index in [1.54, 1.807) is 33.8 Å². The highest BCUT2D eigenvalue weighted by atomic mass is 32.2. The molecule has 0 unspecified atom stereocenters. The zero-order valence-electron chi connectivity index (χ0n) is 15.1. The number of benzene rings is 1. The van der Waals surface area contributed by atoms with Gasteiger partial charge in [-0.15, -0.1) is 0 Å². The Morgan fingerprint density at radius 1 is 1.17 bits per heavy atom. The largest absolute Gasteiger partial charge is 0.464 e. The van der Waals surface area contributed by atoms with Gasteiger partial charge in [0.15, 0.2) is 0 Å². The normalized spacial score (nSPS) is 18.3. The van der Waals surface area contributed by atoms with Crippen LogP contribution in [-0.4, -0.2) is 33.0 Å². The van der Waals surface area contributed by atoms with Crippen LogP contribution in [0.5, 0.6) is 0 Å². The van der Waals surface area contributed by atoms with Crippen molar-refractivity contribution in [1.82, 2.24) is 0 Å². The third-order valence-corrected chi connectivity index (χ3v) is 6.47. The number of alkyl halides is 1. The predicted molar refractivity (Wildman–Crippen MR) is 92.7 cm³/mol. The standard InChI is InChI=1S/C18H26F2O3S/c1-7-23-15(21)18(6,20)17(5,12-24(22)16(2,3)4)13-10-8-9-11-14(13)19/h8-11H,7,12H2,1-6H3/t17-,18-,24+/m1/s1. The first kappa shape index (κ1) is 20.7. The van der Waals surface area contributed by atoms with E-state index in [9.17, 15) is 13.4 Å². The van der Waals surface area contributed by atoms with Crippen LogP contribution in [0.4, 0.5) is 8.78 Å². The molecule has 3 nitrogen and oxygen atoms in total. The molecular weight excluding hydrogens is 334 g/mol. The molecule has 3 atom stereocenters. The maximum atomic E-state index is 15.6. The molecule has 0 aromatic heterocycles. The van der Waals surface area contributed by atoms with Crippen LogP contribution in [0.1, 0.15) is 47.1 Å². The molecule has 1 aromatic carbocycles. The van der Waals surface area contributed by atoms with Gasteiger partial charge in [-0.05, 0) is 46.2 Å². The predicted octanol–water partition coefficient (Wildman–Crippen LogP) is 3.92. The van der Waals surface area contributed by atoms with Crippen molar-refractivity contribution in [3.05, 3.63) is 35.6 Å². The van der Waals surface area contributed by atoms with Crippen LogP contribution in [-0.2, 0) is 25.7 Å². The highest BCUT2D eigenvalue weighted by Crippen LogP contribution is 2.42. The lowest BCUT2D eigenvalue weighted by Crippen LogP contribution is -2.55. The van der Waals surface area contributed by atoms with Crippen LogP contribution >= 0.6 is 0 Å². The average Bonchev–Trinajstić information content (AvgIpc) is 2.46. The van der Waals surface area contributed by atoms with Gasteiger partial charge in [-0.2, -0.15) is 0 Å². The monoisotopic (exact) mass is 360 g/mol. The van der Waals surface area contributed by atoms with Gasteiger partial charge in [0.1, 0.15) is 5.82 Å². The van der Waals surface area contributed by atoms with Crippen LogP contribution in [0.15, 0.2) is 24.3 Å². The number of halogens is 2. The molecule has 0 aliphatic rings. The molecule has 0 radical (unpaired) electrons. The first-order chi connectivity index (χ1) is 10.9. The van der Waals surface area contributed by atoms with E-state index in [0.29, 0.717) is 0 Å². The van der Waals surface area contributed by atoms with Crippen LogP contribution < -0.4 is 0 Å². The van der Waals surface area contributed by atoms with Crippen molar-refractivity contribution in [2.75, 3.05) is 12.4 Å². The van der Waals surface area contributed by atoms with E-state index in [2.05, 4.69) is 0 Å². The van der Waals surface area contributed by atoms with Crippen LogP contribution in [0.3, 0.4) is 0 Å². The highest BCUT2D eigenvalue weighted by molar-refractivity contribution is 7.86. The number of hydrogen-bond acceptors (Lipinski definition) is 3. The first-order valence-electron chi connectivity index (χ1n) is 7.87. The summed E-state index contributed by atoms with van der Waals surface area (Å²) in [5, 5.41) is 0. The number of esters is 1. The van der Waals surface area contributed by atoms with Gasteiger partial charge >= 0.3 is 5.97 Å². The van der Waals surface area contributed by atoms with E-state index in [4.69, 9.17) is 4.74 Å². The lowest BCUT2D eigenvalue weighted by Gasteiger charge is -2.40. The van der Waals surface area contributed by atoms with E-state index in [1.807, 2.05) is 0 Å². The van der Waals surface area contributed by atoms with Crippen molar-refractivity contribution in [3.8, 4) is 0 Å². The van der Waals surface area contributed by atoms with Crippen molar-refractivity contribution >= 4 is 16.8 Å². The quantitative estimate of drug-likeness (QED) is 0.722. The van der Waals surface area contributed by atoms with Crippen LogP contribution in [0.2, 0.25) is 0 Å². The second kappa shape index (κ2) is 7.30. The Bertz CT molecular complexity index is 623. The maximum Gasteiger partial charge on any atom is 0.344 e. The first-order valence-corrected chi connectivity index (χ1v) is 9.19. The smallest absolute Gasteiger partial charge is 0.344 e. The van der Waals surface area contributed by atoms with E-state index in [0.717, 1.165) is 6.92 Å². The van der Waals surface area contributed by atoms with Crippen LogP contribution in [0.25, 0.3) is 0 Å². The number of rotatable bonds is 6. The summed E-state index contributed by atoms with van der Waals surface area (Å²) in [7, 11) is -1.50. The molecular formula is C18H26F2O3S. The van der Waals surface area contributed by atoms with Crippen molar-refractivity contribution in [3.63, 3.8) is 0 Å². The fraction of sp³-hybridized carbons (Fsp3) is 0.611. The SMILES string of the molecule is CCOC(=O)[C@@](C)(F)[C@](C)(C[S@](=O)C(C)(C)C)c1ccccc1F. The topological polar surface area (TPSA) is 43.4 Å². The third kappa shape index (κ3) is 4.02. The average molecular weight is 360 g/mol. The van der Waals surface area contributed by atoms with E-state index in [-0.39, 0.29) is 17.9 Å². The fourth-order valence-corrected chi connectivity index (χ4v) is 3.73. The van der Waals surface area contributed by atoms with Gasteiger partial charge in [0.2, 0.25) is 5.67 Å². The highest BCUT2D eigenvalue weighted by Gasteiger charge is 2.55. The minimum Gasteiger partial charge on any atom is -0.464 e. The lowest BCUT2D eigenvalue weighted by atomic mass is 9.71. The molecule has 1 rings (SSSR count). The van der Waals surface area contributed by atoms with Gasteiger partial charge in [0, 0.05) is 21.3 Å². The molecule has 0 bridgehead atoms. The summed E-state index contributed by atoms with van der Waals surface area (Å²) in [4.78, 5) is 12.2. The molecule has 136 valence electrons. The van der Waals surface area contributed by atoms with E-state index >= 15 is 4.39 Å². The summed E-state index contributed by atoms with van der Waals surface area (Å²) >= 11 is 0. The second-order valence-corrected chi connectivity index (χ2v) is 9.34. The molecule has 0 heterocycles. The molecule has 6 heteroatoms. The maximum absolute atomic E-state index is 15.6. The summed E-state index contributed by atoms with van der Waals surface area (Å²) < 4.78 is 46.8. The van der Waals surface area contributed by atoms with Gasteiger partial charge in [-0.3, -0.25) is 4.21 Å². The number of hydrogen-bond donors (Lipinski definition) is 0. The van der Waals surface area contributed by atoms with E-state index < -0.39 is 38.4 Å². The molecule has 1 aromatic rings. The number of carbonyl (C=O) groups excluding carboxylic acids is 1. The molecule has 0 spiro atoms. The van der Waals surface area contributed by atoms with Crippen molar-refractivity contribution in [1.29, 1.82) is 0 Å². The Labute approximate surface area is 145 Å². The molecule has 24 heavy (non-hydrogen) atoms. The summed E-state index contributed by atoms with van der Waals surface area (Å²) in [6.07, 6.45) is 0. The minimum atomic E-state index is -2.54. The van der Waals surface area contributed by atoms with Gasteiger partial charge in [-0.1, -0.05) is 25.1 Å². The molecule has 0 saturated carbocycles. The molecule has 0 saturated heterocycles. The van der Waals surface area contributed by atoms with Gasteiger partial charge in [-0.25, -0.2) is 13.6 Å². The number of carbonyl (C=O) groups is 1. The summed E-state index contributed by atoms with van der Waals surface area (Å²) in [6, 6.07) is 5.68. The van der Waals surface area contributed by atoms with Crippen molar-refractivity contribution in [2.24, 2.45) is 0 Å². The molecule has 0 amide bonds. The fourth-order valence-electron chi connectivity index (χ4n) is 2.35. The van der Waals surface area contributed by atoms with Gasteiger partial charge < -0.3 is 4.74 Å². The summed E-state index contributed by atoms with van der Waals surface area (Å²) in [6.45, 7) is 9.33. The Hall–Kier alpha value is -1.30. The van der Waals surface area contributed by atoms with Gasteiger partial charge in [0.25, 0.3) is 0 Å². The van der Waals surface area contributed by atoms with Crippen molar-refractivity contribution in [2.45, 2.75) is 57.4 Å². The van der Waals surface area contributed by atoms with Crippen LogP contribution in [0, 0.1) is 5.82 Å². The van der Waals surface area contributed by atoms with Crippen molar-refractivity contribution < 1.29 is 22.5 Å². The molecule has 0 fully saturated rings. The molecule has 0 aliphatic heterocycles. The Morgan fingerprint density at radius 2 is 1.71 bits per heavy atom. The zero-order chi connectivity index (χ0) is 18.8. The molecule has 0 N–H and O–H groups in total. The van der Waals surface area contributed by atoms with Gasteiger partial charge in [0.05, 0.1) is 12.0 Å². The summed E-state index contributed by atoms with van der Waals surface area (Å²) in [5.74, 6) is -1.93. The summed E-state index contributed by atoms with van der Waals surface area (Å²) in [5.41, 5.74) is -4.16. The Morgan fingerprint density at radius 3 is 2.17 bits per heavy atom. The lowest BCUT2D eigenvalue weighted by molar-refractivity contribution is -0.160. The Balaban J connectivity index is 3.50. The Kier molecular flexibility index (Phi) is 6.31. The minimum absolute atomic E-state index is 0.00799. The third-order valence-electron chi connectivity index (χ3n) is 4.27.